The molecule has 0 aromatic rings. The molecule has 94 valence electrons. The molecule has 1 aliphatic heterocycles. The lowest BCUT2D eigenvalue weighted by atomic mass is 10.3. The van der Waals surface area contributed by atoms with E-state index < -0.39 is 10.0 Å². The van der Waals surface area contributed by atoms with Crippen molar-refractivity contribution in [3.8, 4) is 0 Å². The number of hydrogen-bond acceptors (Lipinski definition) is 4. The number of nitrogens with zero attached hydrogens (tertiary/aromatic N) is 1. The minimum Gasteiger partial charge on any atom is -0.330 e. The van der Waals surface area contributed by atoms with Gasteiger partial charge in [0.2, 0.25) is 10.0 Å². The molecule has 0 aromatic heterocycles. The molecular weight excluding hydrogens is 226 g/mol. The van der Waals surface area contributed by atoms with Crippen molar-refractivity contribution < 1.29 is 8.42 Å². The summed E-state index contributed by atoms with van der Waals surface area (Å²) >= 11 is 0. The summed E-state index contributed by atoms with van der Waals surface area (Å²) in [7, 11) is -3.11. The molecule has 0 amide bonds. The Morgan fingerprint density at radius 2 is 2.06 bits per heavy atom. The van der Waals surface area contributed by atoms with Gasteiger partial charge in [-0.1, -0.05) is 0 Å². The number of hydrogen-bond donors (Lipinski definition) is 2. The van der Waals surface area contributed by atoms with Crippen molar-refractivity contribution in [1.82, 2.24) is 9.62 Å². The maximum atomic E-state index is 11.7. The smallest absolute Gasteiger partial charge is 0.211 e. The van der Waals surface area contributed by atoms with Gasteiger partial charge in [0.1, 0.15) is 0 Å². The van der Waals surface area contributed by atoms with Gasteiger partial charge in [-0.3, -0.25) is 4.90 Å². The van der Waals surface area contributed by atoms with Crippen molar-refractivity contribution >= 4 is 10.0 Å². The summed E-state index contributed by atoms with van der Waals surface area (Å²) in [5, 5.41) is 0. The number of sulfonamides is 1. The second-order valence-electron chi connectivity index (χ2n) is 4.79. The molecule has 2 rings (SSSR count). The highest BCUT2D eigenvalue weighted by atomic mass is 32.2. The van der Waals surface area contributed by atoms with Crippen molar-refractivity contribution in [1.29, 1.82) is 0 Å². The van der Waals surface area contributed by atoms with Crippen molar-refractivity contribution in [3.05, 3.63) is 0 Å². The molecular formula is C10H21N3O2S. The van der Waals surface area contributed by atoms with Gasteiger partial charge in [0.15, 0.2) is 0 Å². The lowest BCUT2D eigenvalue weighted by Crippen LogP contribution is -2.39. The van der Waals surface area contributed by atoms with Crippen molar-refractivity contribution in [2.45, 2.75) is 37.8 Å². The van der Waals surface area contributed by atoms with Gasteiger partial charge in [-0.2, -0.15) is 0 Å². The molecule has 1 saturated heterocycles. The largest absolute Gasteiger partial charge is 0.330 e. The van der Waals surface area contributed by atoms with Crippen LogP contribution in [-0.4, -0.2) is 50.8 Å². The molecule has 1 saturated carbocycles. The van der Waals surface area contributed by atoms with Crippen LogP contribution in [0.4, 0.5) is 0 Å². The van der Waals surface area contributed by atoms with Crippen molar-refractivity contribution in [2.24, 2.45) is 5.73 Å². The molecule has 6 heteroatoms. The molecule has 16 heavy (non-hydrogen) atoms. The normalized spacial score (nSPS) is 27.4. The van der Waals surface area contributed by atoms with Gasteiger partial charge >= 0.3 is 0 Å². The average molecular weight is 247 g/mol. The molecule has 1 atom stereocenters. The van der Waals surface area contributed by atoms with Gasteiger partial charge in [0.25, 0.3) is 0 Å². The predicted octanol–water partition coefficient (Wildman–Crippen LogP) is -0.509. The highest BCUT2D eigenvalue weighted by Gasteiger charge is 2.35. The highest BCUT2D eigenvalue weighted by Crippen LogP contribution is 2.29. The quantitative estimate of drug-likeness (QED) is 0.663. The van der Waals surface area contributed by atoms with E-state index in [-0.39, 0.29) is 11.8 Å². The highest BCUT2D eigenvalue weighted by molar-refractivity contribution is 7.89. The summed E-state index contributed by atoms with van der Waals surface area (Å²) in [6.07, 6.45) is 4.05. The second-order valence-corrected chi connectivity index (χ2v) is 6.66. The summed E-state index contributed by atoms with van der Waals surface area (Å²) in [5.74, 6) is 0.156. The number of rotatable bonds is 6. The second kappa shape index (κ2) is 5.00. The Kier molecular flexibility index (Phi) is 3.84. The van der Waals surface area contributed by atoms with Crippen LogP contribution in [0, 0.1) is 0 Å². The first-order chi connectivity index (χ1) is 7.61. The third-order valence-electron chi connectivity index (χ3n) is 3.25. The Morgan fingerprint density at radius 1 is 1.31 bits per heavy atom. The zero-order valence-corrected chi connectivity index (χ0v) is 10.4. The molecule has 0 spiro atoms. The first-order valence-corrected chi connectivity index (χ1v) is 7.70. The van der Waals surface area contributed by atoms with E-state index in [0.29, 0.717) is 13.0 Å². The third-order valence-corrected chi connectivity index (χ3v) is 4.76. The zero-order valence-electron chi connectivity index (χ0n) is 9.56. The Bertz CT molecular complexity index is 327. The van der Waals surface area contributed by atoms with E-state index in [9.17, 15) is 8.42 Å². The first-order valence-electron chi connectivity index (χ1n) is 6.05. The van der Waals surface area contributed by atoms with Crippen LogP contribution < -0.4 is 10.5 Å². The SMILES string of the molecule is NCCCS(=O)(=O)NC1CCN(C2CC2)C1. The lowest BCUT2D eigenvalue weighted by molar-refractivity contribution is 0.322. The maximum Gasteiger partial charge on any atom is 0.211 e. The van der Waals surface area contributed by atoms with Gasteiger partial charge in [0.05, 0.1) is 5.75 Å². The zero-order chi connectivity index (χ0) is 11.6. The van der Waals surface area contributed by atoms with Crippen LogP contribution in [0.25, 0.3) is 0 Å². The molecule has 0 bridgehead atoms. The first kappa shape index (κ1) is 12.3. The standard InChI is InChI=1S/C10H21N3O2S/c11-5-1-7-16(14,15)12-9-4-6-13(8-9)10-2-3-10/h9-10,12H,1-8,11H2. The maximum absolute atomic E-state index is 11.7. The molecule has 2 aliphatic rings. The van der Waals surface area contributed by atoms with Crippen LogP contribution in [0.1, 0.15) is 25.7 Å². The number of nitrogens with one attached hydrogen (secondary N) is 1. The van der Waals surface area contributed by atoms with Crippen LogP contribution in [-0.2, 0) is 10.0 Å². The lowest BCUT2D eigenvalue weighted by Gasteiger charge is -2.15. The summed E-state index contributed by atoms with van der Waals surface area (Å²) in [4.78, 5) is 2.40. The Morgan fingerprint density at radius 3 is 2.69 bits per heavy atom. The van der Waals surface area contributed by atoms with Gasteiger partial charge in [-0.15, -0.1) is 0 Å². The summed E-state index contributed by atoms with van der Waals surface area (Å²) in [5.41, 5.74) is 5.31. The van der Waals surface area contributed by atoms with E-state index in [1.54, 1.807) is 0 Å². The van der Waals surface area contributed by atoms with E-state index >= 15 is 0 Å². The minimum atomic E-state index is -3.11. The fraction of sp³-hybridized carbons (Fsp3) is 1.00. The van der Waals surface area contributed by atoms with Gasteiger partial charge < -0.3 is 5.73 Å². The molecule has 0 radical (unpaired) electrons. The molecule has 1 heterocycles. The number of likely N-dealkylation sites (tertiary alicyclic amines) is 1. The van der Waals surface area contributed by atoms with Crippen LogP contribution in [0.15, 0.2) is 0 Å². The average Bonchev–Trinajstić information content (AvgIpc) is 2.98. The van der Waals surface area contributed by atoms with E-state index in [0.717, 1.165) is 25.6 Å². The Balaban J connectivity index is 1.77. The van der Waals surface area contributed by atoms with E-state index in [1.165, 1.54) is 12.8 Å². The Hall–Kier alpha value is -0.170. The molecule has 0 aromatic carbocycles. The van der Waals surface area contributed by atoms with Crippen LogP contribution in [0.5, 0.6) is 0 Å². The van der Waals surface area contributed by atoms with Gasteiger partial charge in [0, 0.05) is 25.2 Å². The third kappa shape index (κ3) is 3.41. The van der Waals surface area contributed by atoms with Crippen molar-refractivity contribution in [2.75, 3.05) is 25.4 Å². The molecule has 3 N–H and O–H groups in total. The number of nitrogens with two attached hydrogens (primary N) is 1. The van der Waals surface area contributed by atoms with Crippen LogP contribution >= 0.6 is 0 Å². The van der Waals surface area contributed by atoms with Gasteiger partial charge in [-0.25, -0.2) is 13.1 Å². The van der Waals surface area contributed by atoms with E-state index in [4.69, 9.17) is 5.73 Å². The fourth-order valence-corrected chi connectivity index (χ4v) is 3.61. The monoisotopic (exact) mass is 247 g/mol. The van der Waals surface area contributed by atoms with Crippen molar-refractivity contribution in [3.63, 3.8) is 0 Å². The summed E-state index contributed by atoms with van der Waals surface area (Å²) in [6.45, 7) is 2.35. The molecule has 5 nitrogen and oxygen atoms in total. The van der Waals surface area contributed by atoms with Crippen LogP contribution in [0.3, 0.4) is 0 Å². The topological polar surface area (TPSA) is 75.4 Å². The minimum absolute atomic E-state index is 0.114. The van der Waals surface area contributed by atoms with Crippen LogP contribution in [0.2, 0.25) is 0 Å². The Labute approximate surface area is 97.4 Å². The van der Waals surface area contributed by atoms with Gasteiger partial charge in [-0.05, 0) is 32.2 Å². The summed E-state index contributed by atoms with van der Waals surface area (Å²) in [6, 6.07) is 0.849. The summed E-state index contributed by atoms with van der Waals surface area (Å²) < 4.78 is 26.1. The molecule has 1 unspecified atom stereocenters. The fourth-order valence-electron chi connectivity index (χ4n) is 2.24. The predicted molar refractivity (Wildman–Crippen MR) is 63.6 cm³/mol. The van der Waals surface area contributed by atoms with E-state index in [1.807, 2.05) is 0 Å². The molecule has 2 fully saturated rings. The molecule has 1 aliphatic carbocycles. The van der Waals surface area contributed by atoms with E-state index in [2.05, 4.69) is 9.62 Å².